The van der Waals surface area contributed by atoms with Crippen LogP contribution in [0.5, 0.6) is 11.5 Å². The van der Waals surface area contributed by atoms with Crippen LogP contribution in [0, 0.1) is 0 Å². The molecule has 0 bridgehead atoms. The average Bonchev–Trinajstić information content (AvgIpc) is 3.10. The van der Waals surface area contributed by atoms with Gasteiger partial charge in [-0.25, -0.2) is 4.98 Å². The van der Waals surface area contributed by atoms with Gasteiger partial charge in [0.2, 0.25) is 0 Å². The van der Waals surface area contributed by atoms with Gasteiger partial charge in [-0.1, -0.05) is 12.1 Å². The number of nitrogens with one attached hydrogen (secondary N) is 1. The van der Waals surface area contributed by atoms with E-state index in [1.54, 1.807) is 18.4 Å². The molecule has 0 fully saturated rings. The first-order valence-corrected chi connectivity index (χ1v) is 9.21. The highest BCUT2D eigenvalue weighted by atomic mass is 32.1. The monoisotopic (exact) mass is 352 g/mol. The van der Waals surface area contributed by atoms with Crippen molar-refractivity contribution < 1.29 is 9.47 Å². The summed E-state index contributed by atoms with van der Waals surface area (Å²) in [5.74, 6) is 1.79. The molecule has 2 aromatic carbocycles. The lowest BCUT2D eigenvalue weighted by Crippen LogP contribution is -2.27. The molecule has 0 amide bonds. The minimum atomic E-state index is 0.203. The predicted molar refractivity (Wildman–Crippen MR) is 102 cm³/mol. The lowest BCUT2D eigenvalue weighted by Gasteiger charge is -2.25. The Bertz CT molecular complexity index is 874. The topological polar surface area (TPSA) is 43.4 Å². The van der Waals surface area contributed by atoms with Crippen molar-refractivity contribution in [1.29, 1.82) is 0 Å². The summed E-state index contributed by atoms with van der Waals surface area (Å²) in [6, 6.07) is 14.4. The fraction of sp³-hybridized carbons (Fsp3) is 0.250. The van der Waals surface area contributed by atoms with Gasteiger partial charge in [0.25, 0.3) is 0 Å². The van der Waals surface area contributed by atoms with E-state index in [0.29, 0.717) is 0 Å². The van der Waals surface area contributed by atoms with Gasteiger partial charge in [0, 0.05) is 17.4 Å². The van der Waals surface area contributed by atoms with Crippen LogP contribution in [0.3, 0.4) is 0 Å². The molecule has 1 aliphatic rings. The third-order valence-corrected chi connectivity index (χ3v) is 5.10. The molecule has 1 atom stereocenters. The Morgan fingerprint density at radius 3 is 2.88 bits per heavy atom. The molecule has 1 aliphatic heterocycles. The van der Waals surface area contributed by atoms with Crippen LogP contribution in [0.4, 0.5) is 5.69 Å². The van der Waals surface area contributed by atoms with E-state index < -0.39 is 0 Å². The molecule has 4 rings (SSSR count). The predicted octanol–water partition coefficient (Wildman–Crippen LogP) is 4.60. The van der Waals surface area contributed by atoms with E-state index in [9.17, 15) is 0 Å². The molecular weight excluding hydrogens is 332 g/mol. The van der Waals surface area contributed by atoms with E-state index in [0.717, 1.165) is 46.4 Å². The van der Waals surface area contributed by atoms with E-state index in [-0.39, 0.29) is 6.10 Å². The summed E-state index contributed by atoms with van der Waals surface area (Å²) in [6.07, 6.45) is 1.03. The number of methoxy groups -OCH3 is 1. The zero-order valence-electron chi connectivity index (χ0n) is 14.3. The molecule has 0 saturated heterocycles. The summed E-state index contributed by atoms with van der Waals surface area (Å²) < 4.78 is 11.0. The Labute approximate surface area is 151 Å². The number of hydrogen-bond acceptors (Lipinski definition) is 5. The van der Waals surface area contributed by atoms with Gasteiger partial charge in [0.15, 0.2) is 0 Å². The van der Waals surface area contributed by atoms with E-state index >= 15 is 0 Å². The Hall–Kier alpha value is -2.53. The van der Waals surface area contributed by atoms with Crippen LogP contribution in [0.15, 0.2) is 47.8 Å². The standard InChI is InChI=1S/C20H20N2O2S/c1-13-11-21-17-10-15(5-8-19(17)24-13)18-12-25-20(22-18)9-14-3-6-16(23-2)7-4-14/h3-8,10,12-13,21H,9,11H2,1-2H3. The molecular formula is C20H20N2O2S. The van der Waals surface area contributed by atoms with Gasteiger partial charge in [0.05, 0.1) is 30.0 Å². The van der Waals surface area contributed by atoms with Crippen LogP contribution in [0.25, 0.3) is 11.3 Å². The number of rotatable bonds is 4. The van der Waals surface area contributed by atoms with Gasteiger partial charge in [0.1, 0.15) is 17.6 Å². The largest absolute Gasteiger partial charge is 0.497 e. The van der Waals surface area contributed by atoms with Gasteiger partial charge < -0.3 is 14.8 Å². The second-order valence-electron chi connectivity index (χ2n) is 6.17. The molecule has 25 heavy (non-hydrogen) atoms. The number of ether oxygens (including phenoxy) is 2. The second-order valence-corrected chi connectivity index (χ2v) is 7.11. The maximum atomic E-state index is 5.84. The summed E-state index contributed by atoms with van der Waals surface area (Å²) in [7, 11) is 1.68. The Morgan fingerprint density at radius 2 is 2.08 bits per heavy atom. The van der Waals surface area contributed by atoms with Crippen LogP contribution in [0.1, 0.15) is 17.5 Å². The van der Waals surface area contributed by atoms with Crippen LogP contribution in [-0.4, -0.2) is 24.7 Å². The maximum Gasteiger partial charge on any atom is 0.142 e. The Kier molecular flexibility index (Phi) is 4.32. The van der Waals surface area contributed by atoms with Crippen molar-refractivity contribution >= 4 is 17.0 Å². The zero-order valence-corrected chi connectivity index (χ0v) is 15.1. The highest BCUT2D eigenvalue weighted by Gasteiger charge is 2.16. The van der Waals surface area contributed by atoms with Crippen LogP contribution >= 0.6 is 11.3 Å². The number of thiazole rings is 1. The summed E-state index contributed by atoms with van der Waals surface area (Å²) in [6.45, 7) is 2.89. The van der Waals surface area contributed by atoms with Crippen molar-refractivity contribution in [3.63, 3.8) is 0 Å². The van der Waals surface area contributed by atoms with Crippen LogP contribution in [-0.2, 0) is 6.42 Å². The highest BCUT2D eigenvalue weighted by molar-refractivity contribution is 7.10. The lowest BCUT2D eigenvalue weighted by atomic mass is 10.1. The molecule has 1 aromatic heterocycles. The molecule has 0 saturated carbocycles. The molecule has 0 spiro atoms. The fourth-order valence-electron chi connectivity index (χ4n) is 2.89. The number of fused-ring (bicyclic) bond motifs is 1. The van der Waals surface area contributed by atoms with Gasteiger partial charge in [-0.3, -0.25) is 0 Å². The minimum absolute atomic E-state index is 0.203. The maximum absolute atomic E-state index is 5.84. The second kappa shape index (κ2) is 6.76. The van der Waals surface area contributed by atoms with Crippen molar-refractivity contribution in [3.05, 3.63) is 58.4 Å². The summed E-state index contributed by atoms with van der Waals surface area (Å²) in [4.78, 5) is 4.80. The van der Waals surface area contributed by atoms with Gasteiger partial charge >= 0.3 is 0 Å². The molecule has 4 nitrogen and oxygen atoms in total. The van der Waals surface area contributed by atoms with E-state index in [1.807, 2.05) is 18.2 Å². The third kappa shape index (κ3) is 3.46. The molecule has 1 N–H and O–H groups in total. The summed E-state index contributed by atoms with van der Waals surface area (Å²) in [5.41, 5.74) is 4.40. The molecule has 2 heterocycles. The molecule has 0 radical (unpaired) electrons. The van der Waals surface area contributed by atoms with Crippen molar-refractivity contribution in [3.8, 4) is 22.8 Å². The van der Waals surface area contributed by atoms with Crippen molar-refractivity contribution in [2.45, 2.75) is 19.4 Å². The molecule has 5 heteroatoms. The highest BCUT2D eigenvalue weighted by Crippen LogP contribution is 2.34. The van der Waals surface area contributed by atoms with Gasteiger partial charge in [-0.2, -0.15) is 0 Å². The van der Waals surface area contributed by atoms with Crippen molar-refractivity contribution in [2.75, 3.05) is 19.0 Å². The number of benzene rings is 2. The number of nitrogens with zero attached hydrogens (tertiary/aromatic N) is 1. The first kappa shape index (κ1) is 16.0. The van der Waals surface area contributed by atoms with Crippen molar-refractivity contribution in [2.24, 2.45) is 0 Å². The average molecular weight is 352 g/mol. The molecule has 1 unspecified atom stereocenters. The van der Waals surface area contributed by atoms with E-state index in [4.69, 9.17) is 14.5 Å². The Morgan fingerprint density at radius 1 is 1.24 bits per heavy atom. The van der Waals surface area contributed by atoms with E-state index in [1.165, 1.54) is 5.56 Å². The first-order valence-electron chi connectivity index (χ1n) is 8.33. The SMILES string of the molecule is COc1ccc(Cc2nc(-c3ccc4c(c3)NCC(C)O4)cs2)cc1. The summed E-state index contributed by atoms with van der Waals surface area (Å²) >= 11 is 1.69. The number of aromatic nitrogens is 1. The van der Waals surface area contributed by atoms with Crippen LogP contribution in [0.2, 0.25) is 0 Å². The smallest absolute Gasteiger partial charge is 0.142 e. The minimum Gasteiger partial charge on any atom is -0.497 e. The molecule has 3 aromatic rings. The number of anilines is 1. The van der Waals surface area contributed by atoms with Crippen molar-refractivity contribution in [1.82, 2.24) is 4.98 Å². The molecule has 128 valence electrons. The number of hydrogen-bond donors (Lipinski definition) is 1. The van der Waals surface area contributed by atoms with Gasteiger partial charge in [-0.15, -0.1) is 11.3 Å². The quantitative estimate of drug-likeness (QED) is 0.745. The first-order chi connectivity index (χ1) is 12.2. The Balaban J connectivity index is 1.52. The zero-order chi connectivity index (χ0) is 17.2. The molecule has 0 aliphatic carbocycles. The summed E-state index contributed by atoms with van der Waals surface area (Å²) in [5, 5.41) is 6.64. The lowest BCUT2D eigenvalue weighted by molar-refractivity contribution is 0.226. The normalized spacial score (nSPS) is 15.8. The van der Waals surface area contributed by atoms with E-state index in [2.05, 4.69) is 41.9 Å². The fourth-order valence-corrected chi connectivity index (χ4v) is 3.72. The van der Waals surface area contributed by atoms with Crippen LogP contribution < -0.4 is 14.8 Å². The third-order valence-electron chi connectivity index (χ3n) is 4.25. The van der Waals surface area contributed by atoms with Gasteiger partial charge in [-0.05, 0) is 42.8 Å².